The lowest BCUT2D eigenvalue weighted by Crippen LogP contribution is -2.41. The first-order valence-corrected chi connectivity index (χ1v) is 18.6. The van der Waals surface area contributed by atoms with Crippen LogP contribution in [0.1, 0.15) is 86.3 Å². The van der Waals surface area contributed by atoms with Crippen LogP contribution in [0, 0.1) is 13.8 Å². The smallest absolute Gasteiger partial charge is 0.399 e. The Kier molecular flexibility index (Phi) is 8.99. The van der Waals surface area contributed by atoms with Crippen molar-refractivity contribution >= 4 is 52.9 Å². The second kappa shape index (κ2) is 12.7. The highest BCUT2D eigenvalue weighted by Gasteiger charge is 2.53. The van der Waals surface area contributed by atoms with Gasteiger partial charge >= 0.3 is 14.2 Å². The van der Waals surface area contributed by atoms with Gasteiger partial charge in [-0.2, -0.15) is 0 Å². The van der Waals surface area contributed by atoms with E-state index in [2.05, 4.69) is 126 Å². The van der Waals surface area contributed by atoms with E-state index in [0.29, 0.717) is 0 Å². The molecule has 0 atom stereocenters. The molecule has 0 amide bonds. The Morgan fingerprint density at radius 2 is 1.22 bits per heavy atom. The molecule has 0 unspecified atom stereocenters. The van der Waals surface area contributed by atoms with Crippen LogP contribution in [0.25, 0.3) is 22.1 Å². The molecule has 0 saturated carbocycles. The van der Waals surface area contributed by atoms with Crippen LogP contribution in [0.4, 0.5) is 5.69 Å². The molecule has 3 saturated heterocycles. The topological polar surface area (TPSA) is 79.0 Å². The van der Waals surface area contributed by atoms with Gasteiger partial charge in [-0.05, 0) is 137 Å². The molecule has 7 rings (SSSR count). The lowest BCUT2D eigenvalue weighted by Gasteiger charge is -2.32. The Hall–Kier alpha value is -2.89. The lowest BCUT2D eigenvalue weighted by molar-refractivity contribution is 0.00578. The first kappa shape index (κ1) is 35.5. The number of nitrogens with zero attached hydrogens (tertiary/aromatic N) is 6. The molecule has 2 aromatic heterocycles. The molecule has 3 aliphatic heterocycles. The maximum absolute atomic E-state index is 6.57. The highest BCUT2D eigenvalue weighted by atomic mass is 16.7. The Balaban J connectivity index is 1.14. The number of fused-ring (bicyclic) bond motifs is 2. The van der Waals surface area contributed by atoms with Gasteiger partial charge in [0.05, 0.1) is 44.6 Å². The predicted octanol–water partition coefficient (Wildman–Crippen LogP) is 5.22. The van der Waals surface area contributed by atoms with Crippen molar-refractivity contribution in [2.45, 2.75) is 124 Å². The minimum atomic E-state index is -0.447. The van der Waals surface area contributed by atoms with Gasteiger partial charge in [0.15, 0.2) is 0 Å². The number of likely N-dealkylation sites (tertiary alicyclic amines) is 1. The van der Waals surface area contributed by atoms with Crippen molar-refractivity contribution in [1.82, 2.24) is 24.0 Å². The summed E-state index contributed by atoms with van der Waals surface area (Å²) in [6.07, 6.45) is 3.51. The summed E-state index contributed by atoms with van der Waals surface area (Å²) in [4.78, 5) is 15.0. The van der Waals surface area contributed by atoms with Crippen molar-refractivity contribution < 1.29 is 18.6 Å². The SMILES string of the molecule is Cc1nc2ccc(B3OC(C)(C)C(C)(C)O3)cc2n1CCCN(C)c1cc(B2OC(C)(C)C(C)(C)O2)cc2c1nc(C)n2CCN1CCCC1. The van der Waals surface area contributed by atoms with Crippen LogP contribution in [-0.4, -0.2) is 93.9 Å². The Morgan fingerprint density at radius 1 is 0.680 bits per heavy atom. The van der Waals surface area contributed by atoms with Crippen LogP contribution in [0.3, 0.4) is 0 Å². The zero-order valence-electron chi connectivity index (χ0n) is 32.2. The van der Waals surface area contributed by atoms with E-state index >= 15 is 0 Å². The second-order valence-electron chi connectivity index (χ2n) is 16.8. The molecule has 0 N–H and O–H groups in total. The summed E-state index contributed by atoms with van der Waals surface area (Å²) >= 11 is 0. The van der Waals surface area contributed by atoms with Crippen LogP contribution in [0.5, 0.6) is 0 Å². The predicted molar refractivity (Wildman–Crippen MR) is 204 cm³/mol. The van der Waals surface area contributed by atoms with Crippen LogP contribution < -0.4 is 15.8 Å². The zero-order chi connectivity index (χ0) is 35.8. The number of anilines is 1. The van der Waals surface area contributed by atoms with E-state index in [0.717, 1.165) is 82.9 Å². The molecule has 4 aromatic rings. The molecular weight excluding hydrogens is 626 g/mol. The summed E-state index contributed by atoms with van der Waals surface area (Å²) in [6, 6.07) is 10.8. The average molecular weight is 683 g/mol. The molecule has 5 heterocycles. The number of imidazole rings is 2. The standard InChI is InChI=1S/C38H56B2N6O4/c1-26-41-30-16-15-28(39-47-35(3,4)36(5,6)48-39)23-31(30)45(26)20-14-17-43(11)32-24-29(40-49-37(7,8)38(9,10)50-40)25-33-34(32)42-27(2)46(33)22-21-44-18-12-13-19-44/h15-16,23-25H,12-14,17-22H2,1-11H3. The number of rotatable bonds is 10. The van der Waals surface area contributed by atoms with E-state index in [4.69, 9.17) is 28.6 Å². The number of benzene rings is 2. The van der Waals surface area contributed by atoms with E-state index in [1.54, 1.807) is 0 Å². The lowest BCUT2D eigenvalue weighted by atomic mass is 9.78. The van der Waals surface area contributed by atoms with Crippen LogP contribution in [0.15, 0.2) is 30.3 Å². The van der Waals surface area contributed by atoms with E-state index in [1.807, 2.05) is 0 Å². The fourth-order valence-electron chi connectivity index (χ4n) is 7.53. The van der Waals surface area contributed by atoms with Gasteiger partial charge in [-0.15, -0.1) is 0 Å². The number of hydrogen-bond donors (Lipinski definition) is 0. The van der Waals surface area contributed by atoms with Crippen LogP contribution >= 0.6 is 0 Å². The molecule has 12 heteroatoms. The largest absolute Gasteiger partial charge is 0.494 e. The Labute approximate surface area is 299 Å². The van der Waals surface area contributed by atoms with Gasteiger partial charge in [0.1, 0.15) is 17.2 Å². The van der Waals surface area contributed by atoms with Gasteiger partial charge in [0.2, 0.25) is 0 Å². The third-order valence-corrected chi connectivity index (χ3v) is 12.2. The Bertz CT molecular complexity index is 1860. The first-order valence-electron chi connectivity index (χ1n) is 18.6. The summed E-state index contributed by atoms with van der Waals surface area (Å²) in [7, 11) is 1.32. The number of hydrogen-bond acceptors (Lipinski definition) is 8. The molecule has 3 fully saturated rings. The van der Waals surface area contributed by atoms with E-state index in [-0.39, 0.29) is 11.2 Å². The summed E-state index contributed by atoms with van der Waals surface area (Å²) in [5.41, 5.74) is 5.81. The van der Waals surface area contributed by atoms with Gasteiger partial charge in [-0.25, -0.2) is 9.97 Å². The third-order valence-electron chi connectivity index (χ3n) is 12.2. The average Bonchev–Trinajstić information content (AvgIpc) is 3.82. The van der Waals surface area contributed by atoms with E-state index in [9.17, 15) is 0 Å². The van der Waals surface area contributed by atoms with Crippen LogP contribution in [-0.2, 0) is 31.7 Å². The monoisotopic (exact) mass is 682 g/mol. The molecule has 2 aromatic carbocycles. The highest BCUT2D eigenvalue weighted by Crippen LogP contribution is 2.38. The Morgan fingerprint density at radius 3 is 1.84 bits per heavy atom. The molecule has 0 aliphatic carbocycles. The molecule has 268 valence electrons. The van der Waals surface area contributed by atoms with Crippen molar-refractivity contribution in [3.8, 4) is 0 Å². The summed E-state index contributed by atoms with van der Waals surface area (Å²) in [6.45, 7) is 27.1. The van der Waals surface area contributed by atoms with Gasteiger partial charge in [0.25, 0.3) is 0 Å². The summed E-state index contributed by atoms with van der Waals surface area (Å²) in [5.74, 6) is 2.05. The zero-order valence-corrected chi connectivity index (χ0v) is 32.2. The van der Waals surface area contributed by atoms with Gasteiger partial charge in [0, 0.05) is 33.2 Å². The van der Waals surface area contributed by atoms with Crippen molar-refractivity contribution in [3.05, 3.63) is 42.0 Å². The van der Waals surface area contributed by atoms with Gasteiger partial charge in [-0.3, -0.25) is 0 Å². The normalized spacial score (nSPS) is 21.3. The second-order valence-corrected chi connectivity index (χ2v) is 16.8. The minimum absolute atomic E-state index is 0.388. The van der Waals surface area contributed by atoms with Crippen molar-refractivity contribution in [1.29, 1.82) is 0 Å². The summed E-state index contributed by atoms with van der Waals surface area (Å²) in [5, 5.41) is 0. The molecule has 0 bridgehead atoms. The van der Waals surface area contributed by atoms with Crippen molar-refractivity contribution in [2.24, 2.45) is 0 Å². The molecule has 0 radical (unpaired) electrons. The minimum Gasteiger partial charge on any atom is -0.399 e. The van der Waals surface area contributed by atoms with Crippen molar-refractivity contribution in [2.75, 3.05) is 38.1 Å². The van der Waals surface area contributed by atoms with Crippen molar-refractivity contribution in [3.63, 3.8) is 0 Å². The number of aryl methyl sites for hydroxylation is 3. The molecule has 0 spiro atoms. The highest BCUT2D eigenvalue weighted by molar-refractivity contribution is 6.63. The van der Waals surface area contributed by atoms with E-state index < -0.39 is 25.4 Å². The summed E-state index contributed by atoms with van der Waals surface area (Å²) < 4.78 is 30.6. The maximum Gasteiger partial charge on any atom is 0.494 e. The van der Waals surface area contributed by atoms with Crippen LogP contribution in [0.2, 0.25) is 0 Å². The molecule has 10 nitrogen and oxygen atoms in total. The fraction of sp³-hybridized carbons (Fsp3) is 0.632. The fourth-order valence-corrected chi connectivity index (χ4v) is 7.53. The first-order chi connectivity index (χ1) is 23.5. The van der Waals surface area contributed by atoms with Gasteiger partial charge < -0.3 is 37.6 Å². The maximum atomic E-state index is 6.57. The molecular formula is C38H56B2N6O4. The molecule has 50 heavy (non-hydrogen) atoms. The third kappa shape index (κ3) is 6.29. The number of aromatic nitrogens is 4. The van der Waals surface area contributed by atoms with Gasteiger partial charge in [-0.1, -0.05) is 6.07 Å². The van der Waals surface area contributed by atoms with E-state index in [1.165, 1.54) is 25.9 Å². The molecule has 3 aliphatic rings. The quantitative estimate of drug-likeness (QED) is 0.211.